The number of esters is 2. The Kier molecular flexibility index (Phi) is 12.3. The van der Waals surface area contributed by atoms with Gasteiger partial charge in [-0.3, -0.25) is 4.57 Å². The van der Waals surface area contributed by atoms with Crippen LogP contribution in [0.3, 0.4) is 0 Å². The van der Waals surface area contributed by atoms with Crippen LogP contribution in [0.4, 0.5) is 0 Å². The lowest BCUT2D eigenvalue weighted by Crippen LogP contribution is -2.18. The molecule has 0 fully saturated rings. The fourth-order valence-electron chi connectivity index (χ4n) is 3.12. The summed E-state index contributed by atoms with van der Waals surface area (Å²) in [5, 5.41) is 0.579. The van der Waals surface area contributed by atoms with Gasteiger partial charge in [-0.2, -0.15) is 0 Å². The predicted octanol–water partition coefficient (Wildman–Crippen LogP) is 5.26. The first-order valence-electron chi connectivity index (χ1n) is 11.1. The first kappa shape index (κ1) is 28.8. The number of benzene rings is 1. The van der Waals surface area contributed by atoms with Crippen LogP contribution < -0.4 is 5.30 Å². The molecule has 0 spiro atoms. The quantitative estimate of drug-likeness (QED) is 0.146. The minimum Gasteiger partial charge on any atom is -0.462 e. The Bertz CT molecular complexity index is 839. The number of rotatable bonds is 15. The molecule has 33 heavy (non-hydrogen) atoms. The Labute approximate surface area is 197 Å². The maximum atomic E-state index is 13.8. The summed E-state index contributed by atoms with van der Waals surface area (Å²) in [6.07, 6.45) is 2.24. The summed E-state index contributed by atoms with van der Waals surface area (Å²) < 4.78 is 35.6. The van der Waals surface area contributed by atoms with E-state index in [1.807, 2.05) is 32.9 Å². The van der Waals surface area contributed by atoms with Crippen LogP contribution in [0.2, 0.25) is 0 Å². The van der Waals surface area contributed by atoms with Gasteiger partial charge in [-0.15, -0.1) is 0 Å². The Morgan fingerprint density at radius 1 is 0.758 bits per heavy atom. The third-order valence-electron chi connectivity index (χ3n) is 4.67. The van der Waals surface area contributed by atoms with Crippen LogP contribution in [0.15, 0.2) is 36.4 Å². The molecule has 7 nitrogen and oxygen atoms in total. The molecule has 1 aromatic rings. The molecule has 0 unspecified atom stereocenters. The van der Waals surface area contributed by atoms with Crippen molar-refractivity contribution < 1.29 is 32.7 Å². The Hall–Kier alpha value is -2.21. The zero-order valence-corrected chi connectivity index (χ0v) is 21.4. The van der Waals surface area contributed by atoms with Gasteiger partial charge in [0.15, 0.2) is 0 Å². The van der Waals surface area contributed by atoms with Crippen molar-refractivity contribution in [2.45, 2.75) is 60.3 Å². The molecule has 8 heteroatoms. The molecule has 0 saturated heterocycles. The molecular formula is C25H37O7P. The molecule has 0 radical (unpaired) electrons. The predicted molar refractivity (Wildman–Crippen MR) is 130 cm³/mol. The lowest BCUT2D eigenvalue weighted by atomic mass is 10.1. The lowest BCUT2D eigenvalue weighted by molar-refractivity contribution is -0.139. The van der Waals surface area contributed by atoms with E-state index in [1.54, 1.807) is 13.8 Å². The number of aryl methyl sites for hydroxylation is 3. The van der Waals surface area contributed by atoms with E-state index in [0.29, 0.717) is 42.1 Å². The van der Waals surface area contributed by atoms with Crippen LogP contribution in [-0.2, 0) is 32.7 Å². The maximum absolute atomic E-state index is 13.8. The van der Waals surface area contributed by atoms with E-state index >= 15 is 0 Å². The van der Waals surface area contributed by atoms with Gasteiger partial charge in [0.05, 0.1) is 31.7 Å². The summed E-state index contributed by atoms with van der Waals surface area (Å²) in [6, 6.07) is 3.91. The van der Waals surface area contributed by atoms with Gasteiger partial charge in [-0.25, -0.2) is 9.59 Å². The van der Waals surface area contributed by atoms with Crippen LogP contribution in [0.25, 0.3) is 0 Å². The largest absolute Gasteiger partial charge is 0.462 e. The van der Waals surface area contributed by atoms with Crippen LogP contribution in [-0.4, -0.2) is 38.4 Å². The van der Waals surface area contributed by atoms with Gasteiger partial charge in [0.25, 0.3) is 0 Å². The number of hydrogen-bond donors (Lipinski definition) is 0. The van der Waals surface area contributed by atoms with Gasteiger partial charge in [-0.1, -0.05) is 30.9 Å². The summed E-state index contributed by atoms with van der Waals surface area (Å²) in [7, 11) is -3.58. The SMILES string of the molecule is C=C(C)C(=O)OCCCCOP(=O)(OCCCCOC(=O)C(=C)C)c1c(C)cc(C)cc1C. The van der Waals surface area contributed by atoms with E-state index in [1.165, 1.54) is 0 Å². The van der Waals surface area contributed by atoms with Gasteiger partial charge in [-0.05, 0) is 71.4 Å². The van der Waals surface area contributed by atoms with Crippen molar-refractivity contribution in [1.29, 1.82) is 0 Å². The van der Waals surface area contributed by atoms with Gasteiger partial charge >= 0.3 is 19.5 Å². The highest BCUT2D eigenvalue weighted by molar-refractivity contribution is 7.62. The van der Waals surface area contributed by atoms with Crippen LogP contribution >= 0.6 is 7.60 Å². The second-order valence-electron chi connectivity index (χ2n) is 8.16. The zero-order valence-electron chi connectivity index (χ0n) is 20.5. The van der Waals surface area contributed by atoms with Crippen molar-refractivity contribution in [1.82, 2.24) is 0 Å². The normalized spacial score (nSPS) is 11.2. The van der Waals surface area contributed by atoms with Crippen molar-refractivity contribution in [3.8, 4) is 0 Å². The van der Waals surface area contributed by atoms with Gasteiger partial charge in [0, 0.05) is 11.1 Å². The maximum Gasteiger partial charge on any atom is 0.361 e. The van der Waals surface area contributed by atoms with E-state index in [0.717, 1.165) is 16.7 Å². The number of carbonyl (C=O) groups is 2. The average molecular weight is 481 g/mol. The van der Waals surface area contributed by atoms with Crippen LogP contribution in [0.5, 0.6) is 0 Å². The molecule has 0 atom stereocenters. The Morgan fingerprint density at radius 2 is 1.12 bits per heavy atom. The highest BCUT2D eigenvalue weighted by Crippen LogP contribution is 2.49. The van der Waals surface area contributed by atoms with Crippen LogP contribution in [0, 0.1) is 20.8 Å². The first-order chi connectivity index (χ1) is 15.5. The van der Waals surface area contributed by atoms with Gasteiger partial charge in [0.1, 0.15) is 0 Å². The Morgan fingerprint density at radius 3 is 1.48 bits per heavy atom. The van der Waals surface area contributed by atoms with E-state index < -0.39 is 19.5 Å². The number of carbonyl (C=O) groups excluding carboxylic acids is 2. The van der Waals surface area contributed by atoms with Crippen molar-refractivity contribution >= 4 is 24.8 Å². The second kappa shape index (κ2) is 14.1. The molecule has 0 aliphatic carbocycles. The van der Waals surface area contributed by atoms with E-state index in [-0.39, 0.29) is 26.4 Å². The smallest absolute Gasteiger partial charge is 0.361 e. The highest BCUT2D eigenvalue weighted by atomic mass is 31.2. The minimum absolute atomic E-state index is 0.199. The van der Waals surface area contributed by atoms with Crippen molar-refractivity contribution in [3.63, 3.8) is 0 Å². The topological polar surface area (TPSA) is 88.1 Å². The molecule has 184 valence electrons. The highest BCUT2D eigenvalue weighted by Gasteiger charge is 2.31. The third-order valence-corrected chi connectivity index (χ3v) is 6.97. The molecule has 0 heterocycles. The number of ether oxygens (including phenoxy) is 2. The molecular weight excluding hydrogens is 443 g/mol. The summed E-state index contributed by atoms with van der Waals surface area (Å²) >= 11 is 0. The third kappa shape index (κ3) is 10.1. The van der Waals surface area contributed by atoms with Crippen molar-refractivity contribution in [2.75, 3.05) is 26.4 Å². The zero-order chi connectivity index (χ0) is 25.0. The van der Waals surface area contributed by atoms with Gasteiger partial charge < -0.3 is 18.5 Å². The van der Waals surface area contributed by atoms with Crippen molar-refractivity contribution in [3.05, 3.63) is 53.1 Å². The van der Waals surface area contributed by atoms with E-state index in [4.69, 9.17) is 18.5 Å². The monoisotopic (exact) mass is 480 g/mol. The summed E-state index contributed by atoms with van der Waals surface area (Å²) in [4.78, 5) is 22.9. The molecule has 0 bridgehead atoms. The van der Waals surface area contributed by atoms with Crippen molar-refractivity contribution in [2.24, 2.45) is 0 Å². The molecule has 0 aliphatic rings. The first-order valence-corrected chi connectivity index (χ1v) is 12.6. The van der Waals surface area contributed by atoms with Gasteiger partial charge in [0.2, 0.25) is 0 Å². The fourth-order valence-corrected chi connectivity index (χ4v) is 5.19. The molecule has 0 N–H and O–H groups in total. The molecule has 0 aliphatic heterocycles. The molecule has 1 aromatic carbocycles. The molecule has 0 saturated carbocycles. The number of unbranched alkanes of at least 4 members (excludes halogenated alkanes) is 2. The van der Waals surface area contributed by atoms with Crippen LogP contribution in [0.1, 0.15) is 56.2 Å². The van der Waals surface area contributed by atoms with E-state index in [2.05, 4.69) is 13.2 Å². The lowest BCUT2D eigenvalue weighted by Gasteiger charge is -2.23. The standard InChI is InChI=1S/C25H37O7P/c1-18(2)24(26)29-12-8-10-14-31-33(28,23-21(6)16-20(5)17-22(23)7)32-15-11-9-13-30-25(27)19(3)4/h16-17H,1,3,8-15H2,2,4-7H3. The molecule has 0 aromatic heterocycles. The fraction of sp³-hybridized carbons (Fsp3) is 0.520. The Balaban J connectivity index is 2.69. The second-order valence-corrected chi connectivity index (χ2v) is 10.1. The molecule has 1 rings (SSSR count). The number of hydrogen-bond acceptors (Lipinski definition) is 7. The molecule has 0 amide bonds. The summed E-state index contributed by atoms with van der Waals surface area (Å²) in [5.41, 5.74) is 3.47. The summed E-state index contributed by atoms with van der Waals surface area (Å²) in [6.45, 7) is 16.9. The minimum atomic E-state index is -3.58. The average Bonchev–Trinajstić information content (AvgIpc) is 2.71. The summed E-state index contributed by atoms with van der Waals surface area (Å²) in [5.74, 6) is -0.852. The van der Waals surface area contributed by atoms with E-state index in [9.17, 15) is 14.2 Å².